The maximum atomic E-state index is 12.6. The van der Waals surface area contributed by atoms with Crippen molar-refractivity contribution >= 4 is 11.8 Å². The standard InChI is InChI=1S/C28H32N2O6/c1-5-35-23-13-7-19(15-25(23)33-3)17-29-27(31)21-9-11-22(12-10-21)28(32)30-18-20-8-14-24(36-6-2)26(16-20)34-4/h7-16H,5-6,17-18H2,1-4H3,(H,29,31)(H,30,32). The Kier molecular flexibility index (Phi) is 9.56. The zero-order chi connectivity index (χ0) is 25.9. The van der Waals surface area contributed by atoms with Crippen LogP contribution >= 0.6 is 0 Å². The van der Waals surface area contributed by atoms with E-state index in [1.807, 2.05) is 50.2 Å². The Labute approximate surface area is 211 Å². The van der Waals surface area contributed by atoms with E-state index >= 15 is 0 Å². The summed E-state index contributed by atoms with van der Waals surface area (Å²) in [6.07, 6.45) is 0. The van der Waals surface area contributed by atoms with E-state index in [4.69, 9.17) is 18.9 Å². The van der Waals surface area contributed by atoms with Crippen molar-refractivity contribution in [1.29, 1.82) is 0 Å². The largest absolute Gasteiger partial charge is 0.493 e. The van der Waals surface area contributed by atoms with Crippen molar-refractivity contribution in [2.24, 2.45) is 0 Å². The third kappa shape index (κ3) is 6.91. The number of carbonyl (C=O) groups is 2. The summed E-state index contributed by atoms with van der Waals surface area (Å²) in [5.41, 5.74) is 2.68. The van der Waals surface area contributed by atoms with Gasteiger partial charge in [0.2, 0.25) is 0 Å². The molecule has 3 rings (SSSR count). The van der Waals surface area contributed by atoms with Crippen molar-refractivity contribution in [3.8, 4) is 23.0 Å². The zero-order valence-corrected chi connectivity index (χ0v) is 21.1. The molecule has 0 heterocycles. The second-order valence-corrected chi connectivity index (χ2v) is 7.78. The first-order valence-electron chi connectivity index (χ1n) is 11.7. The minimum Gasteiger partial charge on any atom is -0.493 e. The van der Waals surface area contributed by atoms with Gasteiger partial charge in [0.15, 0.2) is 23.0 Å². The molecule has 3 aromatic carbocycles. The van der Waals surface area contributed by atoms with Gasteiger partial charge >= 0.3 is 0 Å². The van der Waals surface area contributed by atoms with E-state index in [1.54, 1.807) is 38.5 Å². The molecular formula is C28H32N2O6. The molecule has 36 heavy (non-hydrogen) atoms. The number of nitrogens with one attached hydrogen (secondary N) is 2. The molecule has 0 aliphatic carbocycles. The minimum absolute atomic E-state index is 0.240. The molecule has 0 aliphatic heterocycles. The van der Waals surface area contributed by atoms with Crippen LogP contribution in [0.25, 0.3) is 0 Å². The van der Waals surface area contributed by atoms with Crippen molar-refractivity contribution in [2.45, 2.75) is 26.9 Å². The van der Waals surface area contributed by atoms with Gasteiger partial charge in [-0.3, -0.25) is 9.59 Å². The third-order valence-electron chi connectivity index (χ3n) is 5.37. The number of hydrogen-bond acceptors (Lipinski definition) is 6. The Bertz CT molecular complexity index is 1080. The summed E-state index contributed by atoms with van der Waals surface area (Å²) >= 11 is 0. The van der Waals surface area contributed by atoms with Crippen molar-refractivity contribution in [3.63, 3.8) is 0 Å². The van der Waals surface area contributed by atoms with E-state index in [1.165, 1.54) is 0 Å². The zero-order valence-electron chi connectivity index (χ0n) is 21.1. The molecule has 0 fully saturated rings. The molecule has 2 N–H and O–H groups in total. The van der Waals surface area contributed by atoms with Crippen molar-refractivity contribution < 1.29 is 28.5 Å². The molecule has 0 bridgehead atoms. The topological polar surface area (TPSA) is 95.1 Å². The molecule has 3 aromatic rings. The maximum absolute atomic E-state index is 12.6. The first kappa shape index (κ1) is 26.4. The van der Waals surface area contributed by atoms with Crippen LogP contribution in [0, 0.1) is 0 Å². The van der Waals surface area contributed by atoms with E-state index in [0.717, 1.165) is 11.1 Å². The highest BCUT2D eigenvalue weighted by atomic mass is 16.5. The molecule has 0 unspecified atom stereocenters. The molecule has 8 nitrogen and oxygen atoms in total. The predicted molar refractivity (Wildman–Crippen MR) is 137 cm³/mol. The molecular weight excluding hydrogens is 460 g/mol. The third-order valence-corrected chi connectivity index (χ3v) is 5.37. The number of carbonyl (C=O) groups excluding carboxylic acids is 2. The second-order valence-electron chi connectivity index (χ2n) is 7.78. The highest BCUT2D eigenvalue weighted by Crippen LogP contribution is 2.29. The van der Waals surface area contributed by atoms with Gasteiger partial charge in [-0.1, -0.05) is 12.1 Å². The normalized spacial score (nSPS) is 10.3. The number of rotatable bonds is 12. The van der Waals surface area contributed by atoms with Gasteiger partial charge in [0.05, 0.1) is 27.4 Å². The van der Waals surface area contributed by atoms with Gasteiger partial charge in [0, 0.05) is 24.2 Å². The van der Waals surface area contributed by atoms with Crippen LogP contribution in [-0.4, -0.2) is 39.2 Å². The van der Waals surface area contributed by atoms with Gasteiger partial charge in [-0.25, -0.2) is 0 Å². The van der Waals surface area contributed by atoms with E-state index < -0.39 is 0 Å². The van der Waals surface area contributed by atoms with Gasteiger partial charge in [0.1, 0.15) is 0 Å². The molecule has 0 saturated carbocycles. The quantitative estimate of drug-likeness (QED) is 0.390. The van der Waals surface area contributed by atoms with Crippen LogP contribution in [-0.2, 0) is 13.1 Å². The number of amides is 2. The maximum Gasteiger partial charge on any atom is 0.251 e. The molecule has 190 valence electrons. The first-order valence-corrected chi connectivity index (χ1v) is 11.7. The first-order chi connectivity index (χ1) is 17.5. The Hall–Kier alpha value is -4.20. The SMILES string of the molecule is CCOc1ccc(CNC(=O)c2ccc(C(=O)NCc3ccc(OCC)c(OC)c3)cc2)cc1OC. The highest BCUT2D eigenvalue weighted by Gasteiger charge is 2.11. The summed E-state index contributed by atoms with van der Waals surface area (Å²) in [7, 11) is 3.15. The van der Waals surface area contributed by atoms with Crippen LogP contribution in [0.1, 0.15) is 45.7 Å². The minimum atomic E-state index is -0.240. The summed E-state index contributed by atoms with van der Waals surface area (Å²) in [6, 6.07) is 17.6. The molecule has 0 radical (unpaired) electrons. The van der Waals surface area contributed by atoms with Gasteiger partial charge in [-0.15, -0.1) is 0 Å². The Morgan fingerprint density at radius 3 is 1.33 bits per heavy atom. The van der Waals surface area contributed by atoms with Gasteiger partial charge in [0.25, 0.3) is 11.8 Å². The summed E-state index contributed by atoms with van der Waals surface area (Å²) in [5, 5.41) is 5.76. The van der Waals surface area contributed by atoms with Crippen molar-refractivity contribution in [1.82, 2.24) is 10.6 Å². The van der Waals surface area contributed by atoms with Crippen molar-refractivity contribution in [3.05, 3.63) is 82.9 Å². The van der Waals surface area contributed by atoms with Crippen LogP contribution in [0.5, 0.6) is 23.0 Å². The average Bonchev–Trinajstić information content (AvgIpc) is 2.91. The van der Waals surface area contributed by atoms with E-state index in [2.05, 4.69) is 10.6 Å². The average molecular weight is 493 g/mol. The van der Waals surface area contributed by atoms with Crippen LogP contribution < -0.4 is 29.6 Å². The van der Waals surface area contributed by atoms with Crippen molar-refractivity contribution in [2.75, 3.05) is 27.4 Å². The highest BCUT2D eigenvalue weighted by molar-refractivity contribution is 5.97. The number of ether oxygens (including phenoxy) is 4. The lowest BCUT2D eigenvalue weighted by Gasteiger charge is -2.12. The van der Waals surface area contributed by atoms with Gasteiger partial charge in [-0.05, 0) is 73.5 Å². The van der Waals surface area contributed by atoms with Crippen LogP contribution in [0.2, 0.25) is 0 Å². The van der Waals surface area contributed by atoms with Crippen LogP contribution in [0.15, 0.2) is 60.7 Å². The smallest absolute Gasteiger partial charge is 0.251 e. The lowest BCUT2D eigenvalue weighted by Crippen LogP contribution is -2.24. The fraction of sp³-hybridized carbons (Fsp3) is 0.286. The van der Waals surface area contributed by atoms with Gasteiger partial charge in [-0.2, -0.15) is 0 Å². The summed E-state index contributed by atoms with van der Waals surface area (Å²) < 4.78 is 21.7. The Morgan fingerprint density at radius 1 is 0.611 bits per heavy atom. The molecule has 0 saturated heterocycles. The van der Waals surface area contributed by atoms with E-state index in [0.29, 0.717) is 60.4 Å². The fourth-order valence-corrected chi connectivity index (χ4v) is 3.54. The summed E-state index contributed by atoms with van der Waals surface area (Å²) in [5.74, 6) is 2.06. The van der Waals surface area contributed by atoms with E-state index in [9.17, 15) is 9.59 Å². The second kappa shape index (κ2) is 13.0. The number of methoxy groups -OCH3 is 2. The van der Waals surface area contributed by atoms with Crippen LogP contribution in [0.4, 0.5) is 0 Å². The Balaban J connectivity index is 1.55. The van der Waals surface area contributed by atoms with Crippen LogP contribution in [0.3, 0.4) is 0 Å². The molecule has 0 aliphatic rings. The number of hydrogen-bond donors (Lipinski definition) is 2. The Morgan fingerprint density at radius 2 is 1.00 bits per heavy atom. The molecule has 0 atom stereocenters. The summed E-state index contributed by atoms with van der Waals surface area (Å²) in [4.78, 5) is 25.2. The number of benzene rings is 3. The molecule has 0 spiro atoms. The van der Waals surface area contributed by atoms with Gasteiger partial charge < -0.3 is 29.6 Å². The molecule has 0 aromatic heterocycles. The fourth-order valence-electron chi connectivity index (χ4n) is 3.54. The monoisotopic (exact) mass is 492 g/mol. The van der Waals surface area contributed by atoms with E-state index in [-0.39, 0.29) is 11.8 Å². The lowest BCUT2D eigenvalue weighted by atomic mass is 10.1. The summed E-state index contributed by atoms with van der Waals surface area (Å²) in [6.45, 7) is 5.54. The lowest BCUT2D eigenvalue weighted by molar-refractivity contribution is 0.0939. The molecule has 8 heteroatoms. The molecule has 2 amide bonds. The predicted octanol–water partition coefficient (Wildman–Crippen LogP) is 4.36.